The predicted octanol–water partition coefficient (Wildman–Crippen LogP) is 3.95. The van der Waals surface area contributed by atoms with Crippen molar-refractivity contribution >= 4 is 0 Å². The molecule has 0 saturated carbocycles. The van der Waals surface area contributed by atoms with E-state index in [0.29, 0.717) is 0 Å². The summed E-state index contributed by atoms with van der Waals surface area (Å²) >= 11 is 0. The monoisotopic (exact) mass is 375 g/mol. The Hall–Kier alpha value is -2.92. The number of fused-ring (bicyclic) bond motifs is 1. The molecule has 0 radical (unpaired) electrons. The molecule has 4 rings (SSSR count). The molecule has 0 fully saturated rings. The van der Waals surface area contributed by atoms with Crippen molar-refractivity contribution in [2.75, 3.05) is 20.8 Å². The fourth-order valence-corrected chi connectivity index (χ4v) is 3.93. The molecule has 1 aliphatic heterocycles. The number of benzene rings is 2. The summed E-state index contributed by atoms with van der Waals surface area (Å²) in [4.78, 5) is 11.2. The zero-order valence-electron chi connectivity index (χ0n) is 16.6. The van der Waals surface area contributed by atoms with Gasteiger partial charge in [-0.05, 0) is 42.2 Å². The number of hydrogen-bond acceptors (Lipinski definition) is 5. The van der Waals surface area contributed by atoms with E-state index in [1.54, 1.807) is 14.2 Å². The molecule has 28 heavy (non-hydrogen) atoms. The van der Waals surface area contributed by atoms with E-state index in [2.05, 4.69) is 57.3 Å². The van der Waals surface area contributed by atoms with Gasteiger partial charge in [-0.3, -0.25) is 4.90 Å². The van der Waals surface area contributed by atoms with E-state index in [4.69, 9.17) is 9.47 Å². The van der Waals surface area contributed by atoms with Crippen molar-refractivity contribution in [3.63, 3.8) is 0 Å². The Bertz CT molecular complexity index is 942. The summed E-state index contributed by atoms with van der Waals surface area (Å²) in [7, 11) is 3.37. The molecule has 5 nitrogen and oxygen atoms in total. The van der Waals surface area contributed by atoms with Crippen LogP contribution in [0.15, 0.2) is 54.9 Å². The standard InChI is InChI=1S/C23H25N3O2/c1-16-24-13-17(14-25-16)15-26-10-9-19-11-21(27-2)22(28-3)12-20(19)23(26)18-7-5-4-6-8-18/h4-8,11-14,23H,9-10,15H2,1-3H3/t23-/m1/s1. The topological polar surface area (TPSA) is 47.5 Å². The number of ether oxygens (including phenoxy) is 2. The predicted molar refractivity (Wildman–Crippen MR) is 109 cm³/mol. The lowest BCUT2D eigenvalue weighted by Crippen LogP contribution is -2.35. The highest BCUT2D eigenvalue weighted by Gasteiger charge is 2.30. The third-order valence-corrected chi connectivity index (χ3v) is 5.31. The summed E-state index contributed by atoms with van der Waals surface area (Å²) in [6, 6.07) is 15.0. The lowest BCUT2D eigenvalue weighted by atomic mass is 9.87. The number of hydrogen-bond donors (Lipinski definition) is 0. The molecule has 2 heterocycles. The minimum Gasteiger partial charge on any atom is -0.493 e. The van der Waals surface area contributed by atoms with Gasteiger partial charge in [0.2, 0.25) is 0 Å². The lowest BCUT2D eigenvalue weighted by Gasteiger charge is -2.38. The first-order chi connectivity index (χ1) is 13.7. The average molecular weight is 375 g/mol. The van der Waals surface area contributed by atoms with Crippen molar-refractivity contribution in [1.82, 2.24) is 14.9 Å². The second-order valence-electron chi connectivity index (χ2n) is 7.08. The molecule has 144 valence electrons. The van der Waals surface area contributed by atoms with Gasteiger partial charge < -0.3 is 9.47 Å². The first kappa shape index (κ1) is 18.4. The van der Waals surface area contributed by atoms with Crippen LogP contribution in [0.25, 0.3) is 0 Å². The molecule has 1 aromatic heterocycles. The summed E-state index contributed by atoms with van der Waals surface area (Å²) < 4.78 is 11.1. The highest BCUT2D eigenvalue weighted by molar-refractivity contribution is 5.51. The van der Waals surface area contributed by atoms with Crippen LogP contribution in [0.3, 0.4) is 0 Å². The van der Waals surface area contributed by atoms with Crippen molar-refractivity contribution in [2.45, 2.75) is 25.9 Å². The van der Waals surface area contributed by atoms with Crippen LogP contribution in [-0.4, -0.2) is 35.6 Å². The minimum absolute atomic E-state index is 0.144. The summed E-state index contributed by atoms with van der Waals surface area (Å²) in [6.45, 7) is 3.66. The van der Waals surface area contributed by atoms with Crippen LogP contribution in [0.1, 0.15) is 34.1 Å². The van der Waals surface area contributed by atoms with Crippen molar-refractivity contribution < 1.29 is 9.47 Å². The van der Waals surface area contributed by atoms with Crippen molar-refractivity contribution in [2.24, 2.45) is 0 Å². The second kappa shape index (κ2) is 7.98. The molecule has 0 N–H and O–H groups in total. The highest BCUT2D eigenvalue weighted by atomic mass is 16.5. The van der Waals surface area contributed by atoms with Crippen molar-refractivity contribution in [3.05, 3.63) is 82.9 Å². The van der Waals surface area contributed by atoms with Crippen LogP contribution in [-0.2, 0) is 13.0 Å². The zero-order chi connectivity index (χ0) is 19.5. The molecule has 0 saturated heterocycles. The van der Waals surface area contributed by atoms with E-state index >= 15 is 0 Å². The average Bonchev–Trinajstić information content (AvgIpc) is 2.74. The lowest BCUT2D eigenvalue weighted by molar-refractivity contribution is 0.203. The van der Waals surface area contributed by atoms with E-state index in [9.17, 15) is 0 Å². The molecule has 0 amide bonds. The van der Waals surface area contributed by atoms with Gasteiger partial charge in [-0.2, -0.15) is 0 Å². The number of methoxy groups -OCH3 is 2. The molecule has 1 aliphatic rings. The Morgan fingerprint density at radius 3 is 2.36 bits per heavy atom. The number of rotatable bonds is 5. The van der Waals surface area contributed by atoms with E-state index in [1.165, 1.54) is 16.7 Å². The number of aryl methyl sites for hydroxylation is 1. The molecule has 0 aliphatic carbocycles. The summed E-state index contributed by atoms with van der Waals surface area (Å²) in [6.07, 6.45) is 4.81. The maximum absolute atomic E-state index is 5.59. The van der Waals surface area contributed by atoms with Crippen LogP contribution in [0.5, 0.6) is 11.5 Å². The molecule has 2 aromatic carbocycles. The third-order valence-electron chi connectivity index (χ3n) is 5.31. The molecular formula is C23H25N3O2. The van der Waals surface area contributed by atoms with Crippen LogP contribution >= 0.6 is 0 Å². The van der Waals surface area contributed by atoms with Crippen molar-refractivity contribution in [1.29, 1.82) is 0 Å². The van der Waals surface area contributed by atoms with E-state index in [0.717, 1.165) is 42.4 Å². The SMILES string of the molecule is COc1cc2c(cc1OC)[C@@H](c1ccccc1)N(Cc1cnc(C)nc1)CC2. The van der Waals surface area contributed by atoms with E-state index < -0.39 is 0 Å². The largest absolute Gasteiger partial charge is 0.493 e. The van der Waals surface area contributed by atoms with Crippen LogP contribution < -0.4 is 9.47 Å². The zero-order valence-corrected chi connectivity index (χ0v) is 16.6. The van der Waals surface area contributed by atoms with Crippen molar-refractivity contribution in [3.8, 4) is 11.5 Å². The van der Waals surface area contributed by atoms with Gasteiger partial charge in [0, 0.05) is 31.0 Å². The first-order valence-corrected chi connectivity index (χ1v) is 9.51. The summed E-state index contributed by atoms with van der Waals surface area (Å²) in [5, 5.41) is 0. The van der Waals surface area contributed by atoms with Gasteiger partial charge in [0.25, 0.3) is 0 Å². The molecular weight excluding hydrogens is 350 g/mol. The minimum atomic E-state index is 0.144. The Kier molecular flexibility index (Phi) is 5.26. The summed E-state index contributed by atoms with van der Waals surface area (Å²) in [5.74, 6) is 2.35. The normalized spacial score (nSPS) is 16.5. The quantitative estimate of drug-likeness (QED) is 0.676. The fourth-order valence-electron chi connectivity index (χ4n) is 3.93. The fraction of sp³-hybridized carbons (Fsp3) is 0.304. The van der Waals surface area contributed by atoms with Gasteiger partial charge in [-0.1, -0.05) is 30.3 Å². The van der Waals surface area contributed by atoms with Gasteiger partial charge in [0.05, 0.1) is 20.3 Å². The molecule has 5 heteroatoms. The summed E-state index contributed by atoms with van der Waals surface area (Å²) in [5.41, 5.74) is 4.96. The molecule has 0 spiro atoms. The van der Waals surface area contributed by atoms with Crippen LogP contribution in [0.2, 0.25) is 0 Å². The Morgan fingerprint density at radius 1 is 1.00 bits per heavy atom. The van der Waals surface area contributed by atoms with Crippen LogP contribution in [0, 0.1) is 6.92 Å². The Morgan fingerprint density at radius 2 is 1.68 bits per heavy atom. The van der Waals surface area contributed by atoms with Gasteiger partial charge in [-0.15, -0.1) is 0 Å². The van der Waals surface area contributed by atoms with Gasteiger partial charge in [0.15, 0.2) is 11.5 Å². The maximum Gasteiger partial charge on any atom is 0.161 e. The third kappa shape index (κ3) is 3.58. The smallest absolute Gasteiger partial charge is 0.161 e. The Balaban J connectivity index is 1.77. The second-order valence-corrected chi connectivity index (χ2v) is 7.08. The highest BCUT2D eigenvalue weighted by Crippen LogP contribution is 2.41. The van der Waals surface area contributed by atoms with E-state index in [1.807, 2.05) is 19.3 Å². The molecule has 0 unspecified atom stereocenters. The maximum atomic E-state index is 5.59. The van der Waals surface area contributed by atoms with E-state index in [-0.39, 0.29) is 6.04 Å². The van der Waals surface area contributed by atoms with Crippen LogP contribution in [0.4, 0.5) is 0 Å². The number of nitrogens with zero attached hydrogens (tertiary/aromatic N) is 3. The van der Waals surface area contributed by atoms with Gasteiger partial charge in [-0.25, -0.2) is 9.97 Å². The number of aromatic nitrogens is 2. The first-order valence-electron chi connectivity index (χ1n) is 9.51. The van der Waals surface area contributed by atoms with Gasteiger partial charge in [0.1, 0.15) is 5.82 Å². The molecule has 0 bridgehead atoms. The van der Waals surface area contributed by atoms with Gasteiger partial charge >= 0.3 is 0 Å². The Labute approximate surface area is 166 Å². The molecule has 1 atom stereocenters. The molecule has 3 aromatic rings.